The fraction of sp³-hybridized carbons (Fsp3) is 0.167. The van der Waals surface area contributed by atoms with Gasteiger partial charge in [0.15, 0.2) is 0 Å². The van der Waals surface area contributed by atoms with Gasteiger partial charge in [0, 0.05) is 6.20 Å². The number of alkyl halides is 3. The molecule has 0 amide bonds. The third-order valence-electron chi connectivity index (χ3n) is 1.26. The maximum absolute atomic E-state index is 12.1. The molecule has 0 fully saturated rings. The van der Waals surface area contributed by atoms with Crippen LogP contribution in [-0.2, 0) is 6.18 Å². The third-order valence-corrected chi connectivity index (χ3v) is 1.36. The molecule has 0 bridgehead atoms. The summed E-state index contributed by atoms with van der Waals surface area (Å²) < 4.78 is 36.3. The highest BCUT2D eigenvalue weighted by atomic mass is 35.5. The number of halogens is 4. The lowest BCUT2D eigenvalue weighted by atomic mass is 10.2. The van der Waals surface area contributed by atoms with E-state index in [0.717, 1.165) is 18.3 Å². The van der Waals surface area contributed by atoms with E-state index in [-0.39, 0.29) is 5.82 Å². The Morgan fingerprint density at radius 1 is 1.38 bits per heavy atom. The lowest BCUT2D eigenvalue weighted by molar-refractivity contribution is -0.137. The molecule has 0 saturated carbocycles. The molecule has 7 heteroatoms. The second kappa shape index (κ2) is 3.80. The Balaban J connectivity index is 2.92. The van der Waals surface area contributed by atoms with Gasteiger partial charge in [-0.05, 0) is 23.9 Å². The monoisotopic (exact) mass is 211 g/mol. The summed E-state index contributed by atoms with van der Waals surface area (Å²) >= 11 is 5.02. The van der Waals surface area contributed by atoms with Gasteiger partial charge in [0.1, 0.15) is 5.82 Å². The van der Waals surface area contributed by atoms with Crippen LogP contribution in [0.4, 0.5) is 19.0 Å². The maximum Gasteiger partial charge on any atom is 0.416 e. The summed E-state index contributed by atoms with van der Waals surface area (Å²) in [6.45, 7) is 0. The molecule has 0 aliphatic rings. The van der Waals surface area contributed by atoms with Gasteiger partial charge in [0.05, 0.1) is 5.56 Å². The number of hydrogen-bond donors (Lipinski definition) is 2. The number of nitrogens with zero attached hydrogens (tertiary/aromatic N) is 1. The van der Waals surface area contributed by atoms with Crippen molar-refractivity contribution in [2.75, 3.05) is 5.43 Å². The Morgan fingerprint density at radius 2 is 2.08 bits per heavy atom. The molecule has 72 valence electrons. The summed E-state index contributed by atoms with van der Waals surface area (Å²) in [6, 6.07) is 1.72. The van der Waals surface area contributed by atoms with E-state index < -0.39 is 11.7 Å². The molecule has 1 rings (SSSR count). The summed E-state index contributed by atoms with van der Waals surface area (Å²) in [5, 5.41) is 0. The van der Waals surface area contributed by atoms with E-state index in [0.29, 0.717) is 0 Å². The van der Waals surface area contributed by atoms with E-state index in [1.165, 1.54) is 0 Å². The first-order valence-electron chi connectivity index (χ1n) is 3.19. The van der Waals surface area contributed by atoms with Crippen molar-refractivity contribution in [2.24, 2.45) is 0 Å². The van der Waals surface area contributed by atoms with Gasteiger partial charge in [-0.3, -0.25) is 5.43 Å². The summed E-state index contributed by atoms with van der Waals surface area (Å²) in [5.74, 6) is 0.00447. The van der Waals surface area contributed by atoms with Gasteiger partial charge in [-0.1, -0.05) is 0 Å². The molecule has 2 N–H and O–H groups in total. The fourth-order valence-electron chi connectivity index (χ4n) is 0.724. The molecule has 0 aliphatic heterocycles. The molecule has 0 saturated heterocycles. The van der Waals surface area contributed by atoms with Crippen molar-refractivity contribution in [3.05, 3.63) is 23.9 Å². The molecule has 3 nitrogen and oxygen atoms in total. The highest BCUT2D eigenvalue weighted by molar-refractivity contribution is 6.13. The molecule has 1 heterocycles. The molecular formula is C6H5ClF3N3. The minimum atomic E-state index is -4.37. The van der Waals surface area contributed by atoms with Crippen LogP contribution in [0.15, 0.2) is 18.3 Å². The minimum absolute atomic E-state index is 0.00447. The predicted molar refractivity (Wildman–Crippen MR) is 41.9 cm³/mol. The molecule has 0 unspecified atom stereocenters. The average molecular weight is 212 g/mol. The Hall–Kier alpha value is -1.01. The van der Waals surface area contributed by atoms with Crippen LogP contribution in [0.2, 0.25) is 0 Å². The SMILES string of the molecule is FC(F)(F)c1ccnc(NNCl)c1. The number of hydrazine groups is 1. The molecule has 0 atom stereocenters. The number of rotatable bonds is 2. The van der Waals surface area contributed by atoms with Crippen LogP contribution in [0.3, 0.4) is 0 Å². The first-order valence-corrected chi connectivity index (χ1v) is 3.57. The number of nitrogens with one attached hydrogen (secondary N) is 2. The Labute approximate surface area is 77.0 Å². The zero-order chi connectivity index (χ0) is 9.90. The van der Waals surface area contributed by atoms with Gasteiger partial charge in [0.25, 0.3) is 0 Å². The lowest BCUT2D eigenvalue weighted by Crippen LogP contribution is -2.12. The summed E-state index contributed by atoms with van der Waals surface area (Å²) in [7, 11) is 0. The van der Waals surface area contributed by atoms with E-state index >= 15 is 0 Å². The summed E-state index contributed by atoms with van der Waals surface area (Å²) in [6.07, 6.45) is -3.33. The number of anilines is 1. The highest BCUT2D eigenvalue weighted by Crippen LogP contribution is 2.29. The van der Waals surface area contributed by atoms with E-state index in [1.54, 1.807) is 0 Å². The third kappa shape index (κ3) is 2.74. The molecule has 1 aromatic rings. The zero-order valence-electron chi connectivity index (χ0n) is 6.19. The molecule has 0 radical (unpaired) electrons. The first kappa shape index (κ1) is 10.1. The van der Waals surface area contributed by atoms with Crippen molar-refractivity contribution in [2.45, 2.75) is 6.18 Å². The Morgan fingerprint density at radius 3 is 2.62 bits per heavy atom. The van der Waals surface area contributed by atoms with Gasteiger partial charge >= 0.3 is 6.18 Å². The Bertz CT molecular complexity index is 289. The standard InChI is InChI=1S/C6H5ClF3N3/c7-13-12-5-3-4(1-2-11-5)6(8,9)10/h1-3,13H,(H,11,12). The highest BCUT2D eigenvalue weighted by Gasteiger charge is 2.30. The smallest absolute Gasteiger partial charge is 0.292 e. The van der Waals surface area contributed by atoms with Crippen LogP contribution >= 0.6 is 11.8 Å². The van der Waals surface area contributed by atoms with Crippen LogP contribution < -0.4 is 10.4 Å². The van der Waals surface area contributed by atoms with E-state index in [1.807, 2.05) is 4.94 Å². The summed E-state index contributed by atoms with van der Waals surface area (Å²) in [5.41, 5.74) is 1.44. The largest absolute Gasteiger partial charge is 0.416 e. The van der Waals surface area contributed by atoms with Gasteiger partial charge in [-0.25, -0.2) is 4.98 Å². The molecular weight excluding hydrogens is 207 g/mol. The topological polar surface area (TPSA) is 37.0 Å². The van der Waals surface area contributed by atoms with E-state index in [2.05, 4.69) is 10.4 Å². The van der Waals surface area contributed by atoms with Crippen molar-refractivity contribution in [1.29, 1.82) is 0 Å². The van der Waals surface area contributed by atoms with Crippen molar-refractivity contribution < 1.29 is 13.2 Å². The predicted octanol–water partition coefficient (Wildman–Crippen LogP) is 2.17. The Kier molecular flexibility index (Phi) is 2.94. The van der Waals surface area contributed by atoms with E-state index in [4.69, 9.17) is 11.8 Å². The van der Waals surface area contributed by atoms with E-state index in [9.17, 15) is 13.2 Å². The van der Waals surface area contributed by atoms with Crippen LogP contribution in [0.5, 0.6) is 0 Å². The van der Waals surface area contributed by atoms with Crippen LogP contribution in [0.1, 0.15) is 5.56 Å². The molecule has 1 aromatic heterocycles. The molecule has 0 spiro atoms. The normalized spacial score (nSPS) is 11.4. The quantitative estimate of drug-likeness (QED) is 0.582. The van der Waals surface area contributed by atoms with Gasteiger partial charge < -0.3 is 0 Å². The number of aromatic nitrogens is 1. The number of pyridine rings is 1. The number of hydrogen-bond acceptors (Lipinski definition) is 3. The zero-order valence-corrected chi connectivity index (χ0v) is 6.95. The van der Waals surface area contributed by atoms with Crippen molar-refractivity contribution in [1.82, 2.24) is 9.93 Å². The average Bonchev–Trinajstić information content (AvgIpc) is 2.04. The van der Waals surface area contributed by atoms with Gasteiger partial charge in [0.2, 0.25) is 0 Å². The van der Waals surface area contributed by atoms with Crippen LogP contribution in [0.25, 0.3) is 0 Å². The molecule has 0 aromatic carbocycles. The van der Waals surface area contributed by atoms with Crippen LogP contribution in [0, 0.1) is 0 Å². The van der Waals surface area contributed by atoms with Gasteiger partial charge in [-0.15, -0.1) is 4.94 Å². The van der Waals surface area contributed by atoms with Crippen LogP contribution in [-0.4, -0.2) is 4.98 Å². The van der Waals surface area contributed by atoms with Crippen molar-refractivity contribution >= 4 is 17.6 Å². The second-order valence-corrected chi connectivity index (χ2v) is 2.34. The maximum atomic E-state index is 12.1. The second-order valence-electron chi connectivity index (χ2n) is 2.15. The van der Waals surface area contributed by atoms with Gasteiger partial charge in [-0.2, -0.15) is 13.2 Å². The fourth-order valence-corrected chi connectivity index (χ4v) is 0.820. The van der Waals surface area contributed by atoms with Crippen molar-refractivity contribution in [3.63, 3.8) is 0 Å². The lowest BCUT2D eigenvalue weighted by Gasteiger charge is -2.07. The van der Waals surface area contributed by atoms with Crippen molar-refractivity contribution in [3.8, 4) is 0 Å². The molecule has 13 heavy (non-hydrogen) atoms. The first-order chi connectivity index (χ1) is 6.04. The molecule has 0 aliphatic carbocycles. The summed E-state index contributed by atoms with van der Waals surface area (Å²) in [4.78, 5) is 5.54. The minimum Gasteiger partial charge on any atom is -0.292 e.